The summed E-state index contributed by atoms with van der Waals surface area (Å²) in [5.41, 5.74) is 0.613. The molecule has 0 spiro atoms. The number of hydrogen-bond donors (Lipinski definition) is 1. The lowest BCUT2D eigenvalue weighted by Crippen LogP contribution is -2.10. The van der Waals surface area contributed by atoms with E-state index in [9.17, 15) is 13.2 Å². The average Bonchev–Trinajstić information content (AvgIpc) is 2.40. The topological polar surface area (TPSA) is 38.4 Å². The van der Waals surface area contributed by atoms with E-state index in [0.717, 1.165) is 12.1 Å². The Labute approximate surface area is 108 Å². The van der Waals surface area contributed by atoms with Crippen molar-refractivity contribution < 1.29 is 13.2 Å². The zero-order valence-electron chi connectivity index (χ0n) is 9.85. The predicted octanol–water partition coefficient (Wildman–Crippen LogP) is 3.42. The molecule has 0 aliphatic carbocycles. The summed E-state index contributed by atoms with van der Waals surface area (Å²) < 4.78 is 38.0. The smallest absolute Gasteiger partial charge is 0.323 e. The fourth-order valence-electron chi connectivity index (χ4n) is 1.75. The molecule has 19 heavy (non-hydrogen) atoms. The van der Waals surface area contributed by atoms with Gasteiger partial charge in [0.15, 0.2) is 0 Å². The minimum atomic E-state index is -4.38. The normalized spacial score (nSPS) is 12.5. The van der Waals surface area contributed by atoms with Gasteiger partial charge in [0.2, 0.25) is 0 Å². The van der Waals surface area contributed by atoms with Crippen molar-refractivity contribution in [2.45, 2.75) is 6.18 Å². The lowest BCUT2D eigenvalue weighted by atomic mass is 10.0. The van der Waals surface area contributed by atoms with Crippen LogP contribution in [-0.2, 0) is 6.18 Å². The fourth-order valence-corrected chi connectivity index (χ4v) is 1.75. The summed E-state index contributed by atoms with van der Waals surface area (Å²) >= 11 is 0. The quantitative estimate of drug-likeness (QED) is 0.504. The summed E-state index contributed by atoms with van der Waals surface area (Å²) in [6.45, 7) is 0. The molecule has 98 valence electrons. The van der Waals surface area contributed by atoms with Crippen molar-refractivity contribution in [1.82, 2.24) is 0 Å². The van der Waals surface area contributed by atoms with Gasteiger partial charge in [-0.3, -0.25) is 0 Å². The number of benzene rings is 2. The molecule has 0 amide bonds. The van der Waals surface area contributed by atoms with Crippen molar-refractivity contribution in [1.29, 1.82) is 0 Å². The number of hydrogen-bond acceptors (Lipinski definition) is 2. The molecule has 0 saturated heterocycles. The van der Waals surface area contributed by atoms with E-state index in [1.165, 1.54) is 6.07 Å². The Morgan fingerprint density at radius 3 is 2.11 bits per heavy atom. The Balaban J connectivity index is 2.47. The monoisotopic (exact) mass is 264 g/mol. The van der Waals surface area contributed by atoms with E-state index in [4.69, 9.17) is 5.84 Å². The Bertz CT molecular complexity index is 589. The van der Waals surface area contributed by atoms with E-state index < -0.39 is 11.7 Å². The van der Waals surface area contributed by atoms with Crippen LogP contribution >= 0.6 is 0 Å². The molecular weight excluding hydrogens is 253 g/mol. The van der Waals surface area contributed by atoms with Crippen LogP contribution in [0.25, 0.3) is 0 Å². The van der Waals surface area contributed by atoms with Gasteiger partial charge in [-0.2, -0.15) is 18.3 Å². The van der Waals surface area contributed by atoms with E-state index in [-0.39, 0.29) is 0 Å². The highest BCUT2D eigenvalue weighted by molar-refractivity contribution is 6.12. The first-order chi connectivity index (χ1) is 9.02. The fraction of sp³-hybridized carbons (Fsp3) is 0.0714. The van der Waals surface area contributed by atoms with E-state index in [1.54, 1.807) is 30.3 Å². The SMILES string of the molecule is NN=C(c1ccccc1)c1cccc(C(F)(F)F)c1. The van der Waals surface area contributed by atoms with Crippen LogP contribution in [0.2, 0.25) is 0 Å². The van der Waals surface area contributed by atoms with Crippen molar-refractivity contribution in [3.05, 3.63) is 71.3 Å². The first-order valence-corrected chi connectivity index (χ1v) is 5.53. The molecular formula is C14H11F3N2. The first-order valence-electron chi connectivity index (χ1n) is 5.53. The minimum absolute atomic E-state index is 0.326. The van der Waals surface area contributed by atoms with Crippen molar-refractivity contribution >= 4 is 5.71 Å². The number of rotatable bonds is 2. The van der Waals surface area contributed by atoms with Gasteiger partial charge in [-0.1, -0.05) is 42.5 Å². The Morgan fingerprint density at radius 2 is 1.53 bits per heavy atom. The molecule has 2 aromatic carbocycles. The van der Waals surface area contributed by atoms with Gasteiger partial charge in [0.25, 0.3) is 0 Å². The van der Waals surface area contributed by atoms with Gasteiger partial charge in [-0.25, -0.2) is 0 Å². The Morgan fingerprint density at radius 1 is 0.895 bits per heavy atom. The standard InChI is InChI=1S/C14H11F3N2/c15-14(16,17)12-8-4-7-11(9-12)13(19-18)10-5-2-1-3-6-10/h1-9H,18H2. The molecule has 0 aromatic heterocycles. The molecule has 0 heterocycles. The molecule has 0 radical (unpaired) electrons. The number of alkyl halides is 3. The number of nitrogens with zero attached hydrogens (tertiary/aromatic N) is 1. The highest BCUT2D eigenvalue weighted by Crippen LogP contribution is 2.30. The van der Waals surface area contributed by atoms with Crippen LogP contribution in [0.15, 0.2) is 59.7 Å². The van der Waals surface area contributed by atoms with Gasteiger partial charge >= 0.3 is 6.18 Å². The van der Waals surface area contributed by atoms with E-state index in [0.29, 0.717) is 16.8 Å². The summed E-state index contributed by atoms with van der Waals surface area (Å²) in [6, 6.07) is 13.8. The van der Waals surface area contributed by atoms with Gasteiger partial charge in [-0.15, -0.1) is 0 Å². The first kappa shape index (κ1) is 13.1. The maximum absolute atomic E-state index is 12.7. The third kappa shape index (κ3) is 2.93. The molecule has 2 rings (SSSR count). The lowest BCUT2D eigenvalue weighted by molar-refractivity contribution is -0.137. The summed E-state index contributed by atoms with van der Waals surface area (Å²) in [4.78, 5) is 0. The number of hydrazone groups is 1. The highest BCUT2D eigenvalue weighted by atomic mass is 19.4. The zero-order valence-corrected chi connectivity index (χ0v) is 9.85. The molecule has 2 nitrogen and oxygen atoms in total. The van der Waals surface area contributed by atoms with Crippen LogP contribution in [0.4, 0.5) is 13.2 Å². The average molecular weight is 264 g/mol. The molecule has 0 aliphatic heterocycles. The predicted molar refractivity (Wildman–Crippen MR) is 67.7 cm³/mol. The van der Waals surface area contributed by atoms with Crippen LogP contribution in [0.5, 0.6) is 0 Å². The highest BCUT2D eigenvalue weighted by Gasteiger charge is 2.30. The van der Waals surface area contributed by atoms with Crippen molar-refractivity contribution in [3.8, 4) is 0 Å². The second-order valence-corrected chi connectivity index (χ2v) is 3.92. The van der Waals surface area contributed by atoms with Crippen molar-refractivity contribution in [2.75, 3.05) is 0 Å². The van der Waals surface area contributed by atoms with E-state index in [1.807, 2.05) is 6.07 Å². The largest absolute Gasteiger partial charge is 0.416 e. The summed E-state index contributed by atoms with van der Waals surface area (Å²) in [6.07, 6.45) is -4.38. The van der Waals surface area contributed by atoms with E-state index >= 15 is 0 Å². The molecule has 5 heteroatoms. The molecule has 2 aromatic rings. The molecule has 0 atom stereocenters. The maximum Gasteiger partial charge on any atom is 0.416 e. The van der Waals surface area contributed by atoms with Crippen LogP contribution in [0.1, 0.15) is 16.7 Å². The third-order valence-electron chi connectivity index (χ3n) is 2.64. The summed E-state index contributed by atoms with van der Waals surface area (Å²) in [5.74, 6) is 5.30. The van der Waals surface area contributed by atoms with Crippen LogP contribution in [0, 0.1) is 0 Å². The maximum atomic E-state index is 12.7. The van der Waals surface area contributed by atoms with Gasteiger partial charge in [0.05, 0.1) is 11.3 Å². The van der Waals surface area contributed by atoms with Gasteiger partial charge < -0.3 is 5.84 Å². The van der Waals surface area contributed by atoms with Crippen LogP contribution < -0.4 is 5.84 Å². The second-order valence-electron chi connectivity index (χ2n) is 3.92. The van der Waals surface area contributed by atoms with Gasteiger partial charge in [0, 0.05) is 11.1 Å². The zero-order chi connectivity index (χ0) is 13.9. The van der Waals surface area contributed by atoms with Crippen molar-refractivity contribution in [2.24, 2.45) is 10.9 Å². The van der Waals surface area contributed by atoms with E-state index in [2.05, 4.69) is 5.10 Å². The van der Waals surface area contributed by atoms with Gasteiger partial charge in [0.1, 0.15) is 0 Å². The molecule has 0 bridgehead atoms. The Hall–Kier alpha value is -2.30. The molecule has 2 N–H and O–H groups in total. The molecule has 0 saturated carbocycles. The lowest BCUT2D eigenvalue weighted by Gasteiger charge is -2.10. The number of nitrogens with two attached hydrogens (primary N) is 1. The summed E-state index contributed by atoms with van der Waals surface area (Å²) in [7, 11) is 0. The molecule has 0 fully saturated rings. The minimum Gasteiger partial charge on any atom is -0.323 e. The van der Waals surface area contributed by atoms with Crippen molar-refractivity contribution in [3.63, 3.8) is 0 Å². The number of halogens is 3. The van der Waals surface area contributed by atoms with Crippen LogP contribution in [-0.4, -0.2) is 5.71 Å². The second kappa shape index (κ2) is 5.14. The third-order valence-corrected chi connectivity index (χ3v) is 2.64. The molecule has 0 unspecified atom stereocenters. The van der Waals surface area contributed by atoms with Gasteiger partial charge in [-0.05, 0) is 12.1 Å². The molecule has 0 aliphatic rings. The van der Waals surface area contributed by atoms with Crippen LogP contribution in [0.3, 0.4) is 0 Å². The Kier molecular flexibility index (Phi) is 3.55. The summed E-state index contributed by atoms with van der Waals surface area (Å²) in [5, 5.41) is 3.60.